The molecule has 0 bridgehead atoms. The highest BCUT2D eigenvalue weighted by molar-refractivity contribution is 5.99. The number of benzene rings is 3. The number of hydrogen-bond donors (Lipinski definition) is 3. The topological polar surface area (TPSA) is 90.9 Å². The number of nitrogens with zero attached hydrogens (tertiary/aromatic N) is 1. The Morgan fingerprint density at radius 2 is 1.70 bits per heavy atom. The molecular weight excluding hydrogens is 466 g/mol. The zero-order valence-corrected chi connectivity index (χ0v) is 21.3. The lowest BCUT2D eigenvalue weighted by atomic mass is 10.0. The molecule has 1 atom stereocenters. The van der Waals surface area contributed by atoms with E-state index in [-0.39, 0.29) is 17.6 Å². The summed E-state index contributed by atoms with van der Waals surface area (Å²) in [5.74, 6) is 0.190. The fourth-order valence-electron chi connectivity index (χ4n) is 4.62. The van der Waals surface area contributed by atoms with Gasteiger partial charge in [-0.2, -0.15) is 0 Å². The number of phenols is 1. The third-order valence-electron chi connectivity index (χ3n) is 6.74. The van der Waals surface area contributed by atoms with Gasteiger partial charge in [-0.1, -0.05) is 48.9 Å². The Morgan fingerprint density at radius 1 is 0.973 bits per heavy atom. The second-order valence-electron chi connectivity index (χ2n) is 9.37. The summed E-state index contributed by atoms with van der Waals surface area (Å²) in [6.07, 6.45) is 4.05. The van der Waals surface area contributed by atoms with E-state index in [1.165, 1.54) is 25.3 Å². The lowest BCUT2D eigenvalue weighted by Crippen LogP contribution is -2.49. The number of piperidine rings is 1. The number of nitrogens with one attached hydrogen (secondary N) is 2. The van der Waals surface area contributed by atoms with Crippen LogP contribution in [-0.4, -0.2) is 61.2 Å². The number of phenolic OH excluding ortho intramolecular Hbond substituents is 1. The standard InChI is InChI=1S/C30H35N3O4/c1-37-25-13-10-23(11-14-25)26-21-24(12-15-28(26)34)29(35)32-27(20-22-8-4-2-5-9-22)30(36)31-16-19-33-17-6-3-7-18-33/h2,4-5,8-15,21,27,34H,3,6-7,16-20H2,1H3,(H,31,36)(H,32,35)/t27-/m0/s1. The van der Waals surface area contributed by atoms with Crippen molar-refractivity contribution in [3.63, 3.8) is 0 Å². The Labute approximate surface area is 218 Å². The molecule has 1 heterocycles. The average Bonchev–Trinajstić information content (AvgIpc) is 2.94. The number of aromatic hydroxyl groups is 1. The van der Waals surface area contributed by atoms with E-state index >= 15 is 0 Å². The highest BCUT2D eigenvalue weighted by atomic mass is 16.5. The quantitative estimate of drug-likeness (QED) is 0.391. The fourth-order valence-corrected chi connectivity index (χ4v) is 4.62. The number of carbonyl (C=O) groups is 2. The van der Waals surface area contributed by atoms with E-state index in [1.54, 1.807) is 31.4 Å². The van der Waals surface area contributed by atoms with Gasteiger partial charge in [0.1, 0.15) is 17.5 Å². The minimum absolute atomic E-state index is 0.0676. The second-order valence-corrected chi connectivity index (χ2v) is 9.37. The van der Waals surface area contributed by atoms with Gasteiger partial charge in [0.25, 0.3) is 5.91 Å². The maximum atomic E-state index is 13.3. The summed E-state index contributed by atoms with van der Waals surface area (Å²) in [5, 5.41) is 16.4. The van der Waals surface area contributed by atoms with Gasteiger partial charge in [-0.05, 0) is 67.4 Å². The molecule has 194 valence electrons. The Morgan fingerprint density at radius 3 is 2.41 bits per heavy atom. The Bertz CT molecular complexity index is 1180. The van der Waals surface area contributed by atoms with Crippen molar-refractivity contribution in [3.8, 4) is 22.6 Å². The summed E-state index contributed by atoms with van der Waals surface area (Å²) in [5.41, 5.74) is 2.61. The van der Waals surface area contributed by atoms with Crippen molar-refractivity contribution < 1.29 is 19.4 Å². The number of hydrogen-bond acceptors (Lipinski definition) is 5. The van der Waals surface area contributed by atoms with Crippen LogP contribution >= 0.6 is 0 Å². The molecule has 1 aliphatic rings. The van der Waals surface area contributed by atoms with Crippen LogP contribution in [0.4, 0.5) is 0 Å². The van der Waals surface area contributed by atoms with Crippen LogP contribution in [0.15, 0.2) is 72.8 Å². The summed E-state index contributed by atoms with van der Waals surface area (Å²) in [4.78, 5) is 28.8. The van der Waals surface area contributed by atoms with Crippen LogP contribution in [0, 0.1) is 0 Å². The van der Waals surface area contributed by atoms with E-state index in [9.17, 15) is 14.7 Å². The van der Waals surface area contributed by atoms with Crippen LogP contribution in [0.25, 0.3) is 11.1 Å². The van der Waals surface area contributed by atoms with Crippen LogP contribution in [0.3, 0.4) is 0 Å². The Balaban J connectivity index is 1.46. The van der Waals surface area contributed by atoms with Gasteiger partial charge in [0, 0.05) is 30.6 Å². The summed E-state index contributed by atoms with van der Waals surface area (Å²) in [7, 11) is 1.59. The molecule has 7 nitrogen and oxygen atoms in total. The van der Waals surface area contributed by atoms with Crippen molar-refractivity contribution in [1.29, 1.82) is 0 Å². The van der Waals surface area contributed by atoms with Crippen LogP contribution in [-0.2, 0) is 11.2 Å². The number of amides is 2. The van der Waals surface area contributed by atoms with E-state index in [4.69, 9.17) is 4.74 Å². The number of rotatable bonds is 10. The molecule has 0 aromatic heterocycles. The molecule has 3 N–H and O–H groups in total. The molecule has 0 radical (unpaired) electrons. The molecule has 37 heavy (non-hydrogen) atoms. The first-order valence-corrected chi connectivity index (χ1v) is 12.9. The maximum Gasteiger partial charge on any atom is 0.251 e. The predicted molar refractivity (Wildman–Crippen MR) is 145 cm³/mol. The monoisotopic (exact) mass is 501 g/mol. The van der Waals surface area contributed by atoms with E-state index in [2.05, 4.69) is 15.5 Å². The van der Waals surface area contributed by atoms with Crippen LogP contribution < -0.4 is 15.4 Å². The maximum absolute atomic E-state index is 13.3. The van der Waals surface area contributed by atoms with E-state index < -0.39 is 6.04 Å². The first-order valence-electron chi connectivity index (χ1n) is 12.9. The van der Waals surface area contributed by atoms with Crippen molar-refractivity contribution >= 4 is 11.8 Å². The average molecular weight is 502 g/mol. The molecule has 1 fully saturated rings. The van der Waals surface area contributed by atoms with E-state index in [1.807, 2.05) is 42.5 Å². The zero-order valence-electron chi connectivity index (χ0n) is 21.3. The summed E-state index contributed by atoms with van der Waals surface area (Å²) < 4.78 is 5.21. The van der Waals surface area contributed by atoms with Gasteiger partial charge < -0.3 is 25.4 Å². The van der Waals surface area contributed by atoms with Gasteiger partial charge in [-0.3, -0.25) is 9.59 Å². The molecular formula is C30H35N3O4. The lowest BCUT2D eigenvalue weighted by molar-refractivity contribution is -0.123. The lowest BCUT2D eigenvalue weighted by Gasteiger charge is -2.27. The van der Waals surface area contributed by atoms with Gasteiger partial charge >= 0.3 is 0 Å². The van der Waals surface area contributed by atoms with Crippen molar-refractivity contribution in [1.82, 2.24) is 15.5 Å². The first kappa shape index (κ1) is 26.2. The number of likely N-dealkylation sites (tertiary alicyclic amines) is 1. The molecule has 1 aliphatic heterocycles. The van der Waals surface area contributed by atoms with Crippen LogP contribution in [0.2, 0.25) is 0 Å². The van der Waals surface area contributed by atoms with Gasteiger partial charge in [-0.15, -0.1) is 0 Å². The molecule has 4 rings (SSSR count). The Hall–Kier alpha value is -3.84. The minimum Gasteiger partial charge on any atom is -0.507 e. The smallest absolute Gasteiger partial charge is 0.251 e. The molecule has 0 unspecified atom stereocenters. The number of carbonyl (C=O) groups excluding carboxylic acids is 2. The van der Waals surface area contributed by atoms with Gasteiger partial charge in [-0.25, -0.2) is 0 Å². The van der Waals surface area contributed by atoms with Gasteiger partial charge in [0.2, 0.25) is 5.91 Å². The van der Waals surface area contributed by atoms with Crippen molar-refractivity contribution in [2.75, 3.05) is 33.3 Å². The highest BCUT2D eigenvalue weighted by Gasteiger charge is 2.23. The molecule has 2 amide bonds. The largest absolute Gasteiger partial charge is 0.507 e. The molecule has 3 aromatic rings. The van der Waals surface area contributed by atoms with Crippen molar-refractivity contribution in [3.05, 3.63) is 83.9 Å². The molecule has 0 saturated carbocycles. The molecule has 7 heteroatoms. The van der Waals surface area contributed by atoms with E-state index in [0.29, 0.717) is 29.8 Å². The summed E-state index contributed by atoms with van der Waals surface area (Å²) in [6, 6.07) is 20.9. The van der Waals surface area contributed by atoms with Crippen molar-refractivity contribution in [2.24, 2.45) is 0 Å². The number of ether oxygens (including phenoxy) is 1. The Kier molecular flexibility index (Phi) is 9.16. The number of methoxy groups -OCH3 is 1. The first-order chi connectivity index (χ1) is 18.0. The molecule has 0 spiro atoms. The summed E-state index contributed by atoms with van der Waals surface area (Å²) in [6.45, 7) is 3.48. The van der Waals surface area contributed by atoms with Crippen molar-refractivity contribution in [2.45, 2.75) is 31.7 Å². The third kappa shape index (κ3) is 7.33. The molecule has 0 aliphatic carbocycles. The van der Waals surface area contributed by atoms with E-state index in [0.717, 1.165) is 30.8 Å². The predicted octanol–water partition coefficient (Wildman–Crippen LogP) is 4.01. The van der Waals surface area contributed by atoms with Crippen LogP contribution in [0.5, 0.6) is 11.5 Å². The highest BCUT2D eigenvalue weighted by Crippen LogP contribution is 2.31. The fraction of sp³-hybridized carbons (Fsp3) is 0.333. The summed E-state index contributed by atoms with van der Waals surface area (Å²) >= 11 is 0. The minimum atomic E-state index is -0.727. The molecule has 3 aromatic carbocycles. The normalized spacial score (nSPS) is 14.5. The van der Waals surface area contributed by atoms with Gasteiger partial charge in [0.05, 0.1) is 7.11 Å². The third-order valence-corrected chi connectivity index (χ3v) is 6.74. The second kappa shape index (κ2) is 12.9. The van der Waals surface area contributed by atoms with Gasteiger partial charge in [0.15, 0.2) is 0 Å². The zero-order chi connectivity index (χ0) is 26.0. The molecule has 1 saturated heterocycles. The van der Waals surface area contributed by atoms with Crippen LogP contribution in [0.1, 0.15) is 35.2 Å². The SMILES string of the molecule is COc1ccc(-c2cc(C(=O)N[C@@H](Cc3ccccc3)C(=O)NCCN3CCCCC3)ccc2O)cc1.